The van der Waals surface area contributed by atoms with Gasteiger partial charge in [0.15, 0.2) is 0 Å². The zero-order chi connectivity index (χ0) is 14.1. The van der Waals surface area contributed by atoms with Crippen molar-refractivity contribution < 1.29 is 9.59 Å². The molecule has 1 unspecified atom stereocenters. The third-order valence-corrected chi connectivity index (χ3v) is 5.00. The van der Waals surface area contributed by atoms with E-state index < -0.39 is 0 Å². The zero-order valence-electron chi connectivity index (χ0n) is 11.6. The number of hydrogen-bond acceptors (Lipinski definition) is 4. The third kappa shape index (κ3) is 2.85. The van der Waals surface area contributed by atoms with Crippen LogP contribution in [0.15, 0.2) is 6.20 Å². The largest absolute Gasteiger partial charge is 0.344 e. The van der Waals surface area contributed by atoms with Gasteiger partial charge in [0.1, 0.15) is 11.0 Å². The lowest BCUT2D eigenvalue weighted by molar-refractivity contribution is -0.134. The number of amides is 2. The first-order valence-electron chi connectivity index (χ1n) is 7.19. The summed E-state index contributed by atoms with van der Waals surface area (Å²) in [6, 6.07) is -0.310. The molecule has 0 bridgehead atoms. The lowest BCUT2D eigenvalue weighted by atomic mass is 10.1. The maximum atomic E-state index is 12.5. The Kier molecular flexibility index (Phi) is 3.74. The lowest BCUT2D eigenvalue weighted by Gasteiger charge is -2.23. The highest BCUT2D eigenvalue weighted by molar-refractivity contribution is 7.11. The number of carbonyl (C=O) groups excluding carboxylic acids is 2. The van der Waals surface area contributed by atoms with E-state index in [1.807, 2.05) is 6.20 Å². The van der Waals surface area contributed by atoms with Crippen molar-refractivity contribution in [3.05, 3.63) is 16.1 Å². The molecule has 2 aliphatic rings. The van der Waals surface area contributed by atoms with Crippen LogP contribution in [0.25, 0.3) is 0 Å². The number of nitrogens with one attached hydrogen (secondary N) is 1. The standard InChI is InChI=1S/C14H19N3O2S/c1-2-10-7-15-12(20-10)8-17-6-5-11(18)16-13(14(17)19)9-3-4-9/h7,9,13H,2-6,8H2,1H3,(H,16,18). The topological polar surface area (TPSA) is 62.3 Å². The molecule has 0 aromatic carbocycles. The Bertz CT molecular complexity index is 524. The van der Waals surface area contributed by atoms with Crippen molar-refractivity contribution >= 4 is 23.2 Å². The molecule has 1 aliphatic carbocycles. The molecule has 2 amide bonds. The van der Waals surface area contributed by atoms with E-state index in [1.54, 1.807) is 16.2 Å². The van der Waals surface area contributed by atoms with Crippen LogP contribution < -0.4 is 5.32 Å². The van der Waals surface area contributed by atoms with E-state index in [0.717, 1.165) is 24.3 Å². The molecular weight excluding hydrogens is 274 g/mol. The molecule has 1 aromatic heterocycles. The highest BCUT2D eigenvalue weighted by atomic mass is 32.1. The molecule has 3 rings (SSSR count). The van der Waals surface area contributed by atoms with Crippen molar-refractivity contribution in [3.63, 3.8) is 0 Å². The highest BCUT2D eigenvalue weighted by Crippen LogP contribution is 2.34. The van der Waals surface area contributed by atoms with Gasteiger partial charge in [-0.1, -0.05) is 6.92 Å². The van der Waals surface area contributed by atoms with Crippen LogP contribution in [0.4, 0.5) is 0 Å². The van der Waals surface area contributed by atoms with E-state index in [1.165, 1.54) is 4.88 Å². The summed E-state index contributed by atoms with van der Waals surface area (Å²) in [6.45, 7) is 3.12. The zero-order valence-corrected chi connectivity index (χ0v) is 12.4. The van der Waals surface area contributed by atoms with Gasteiger partial charge in [-0.05, 0) is 25.2 Å². The fourth-order valence-electron chi connectivity index (χ4n) is 2.50. The number of nitrogens with zero attached hydrogens (tertiary/aromatic N) is 2. The van der Waals surface area contributed by atoms with Crippen molar-refractivity contribution in [3.8, 4) is 0 Å². The van der Waals surface area contributed by atoms with E-state index in [0.29, 0.717) is 25.4 Å². The van der Waals surface area contributed by atoms with E-state index in [9.17, 15) is 9.59 Å². The summed E-state index contributed by atoms with van der Waals surface area (Å²) < 4.78 is 0. The van der Waals surface area contributed by atoms with Crippen LogP contribution in [0.2, 0.25) is 0 Å². The first-order valence-corrected chi connectivity index (χ1v) is 8.00. The van der Waals surface area contributed by atoms with Gasteiger partial charge in [-0.2, -0.15) is 0 Å². The molecule has 0 spiro atoms. The number of carbonyl (C=O) groups is 2. The molecule has 1 N–H and O–H groups in total. The van der Waals surface area contributed by atoms with Gasteiger partial charge in [0.2, 0.25) is 11.8 Å². The van der Waals surface area contributed by atoms with Crippen molar-refractivity contribution in [2.75, 3.05) is 6.54 Å². The summed E-state index contributed by atoms with van der Waals surface area (Å²) in [4.78, 5) is 31.7. The van der Waals surface area contributed by atoms with Crippen molar-refractivity contribution in [2.45, 2.75) is 45.2 Å². The normalized spacial score (nSPS) is 23.6. The highest BCUT2D eigenvalue weighted by Gasteiger charge is 2.40. The maximum Gasteiger partial charge on any atom is 0.245 e. The van der Waals surface area contributed by atoms with E-state index in [2.05, 4.69) is 17.2 Å². The van der Waals surface area contributed by atoms with Crippen LogP contribution in [-0.2, 0) is 22.6 Å². The van der Waals surface area contributed by atoms with Crippen LogP contribution >= 0.6 is 11.3 Å². The maximum absolute atomic E-state index is 12.5. The van der Waals surface area contributed by atoms with Crippen molar-refractivity contribution in [1.82, 2.24) is 15.2 Å². The minimum absolute atomic E-state index is 0.00821. The second-order valence-electron chi connectivity index (χ2n) is 5.47. The van der Waals surface area contributed by atoms with Crippen LogP contribution in [0.1, 0.15) is 36.1 Å². The Balaban J connectivity index is 1.73. The molecule has 1 saturated carbocycles. The molecule has 1 aliphatic heterocycles. The first-order chi connectivity index (χ1) is 9.67. The smallest absolute Gasteiger partial charge is 0.245 e. The molecule has 2 fully saturated rings. The average Bonchev–Trinajstić information content (AvgIpc) is 3.20. The summed E-state index contributed by atoms with van der Waals surface area (Å²) in [7, 11) is 0. The van der Waals surface area contributed by atoms with E-state index in [-0.39, 0.29) is 17.9 Å². The van der Waals surface area contributed by atoms with Crippen LogP contribution in [0.5, 0.6) is 0 Å². The number of thiazole rings is 1. The van der Waals surface area contributed by atoms with Gasteiger partial charge in [0.05, 0.1) is 6.54 Å². The predicted molar refractivity (Wildman–Crippen MR) is 76.2 cm³/mol. The van der Waals surface area contributed by atoms with Crippen LogP contribution in [-0.4, -0.2) is 34.3 Å². The Morgan fingerprint density at radius 3 is 2.90 bits per heavy atom. The molecule has 20 heavy (non-hydrogen) atoms. The predicted octanol–water partition coefficient (Wildman–Crippen LogP) is 1.33. The number of hydrogen-bond donors (Lipinski definition) is 1. The van der Waals surface area contributed by atoms with Gasteiger partial charge >= 0.3 is 0 Å². The molecule has 6 heteroatoms. The van der Waals surface area contributed by atoms with Gasteiger partial charge in [-0.25, -0.2) is 4.98 Å². The van der Waals surface area contributed by atoms with Gasteiger partial charge in [-0.15, -0.1) is 11.3 Å². The fraction of sp³-hybridized carbons (Fsp3) is 0.643. The number of aromatic nitrogens is 1. The summed E-state index contributed by atoms with van der Waals surface area (Å²) >= 11 is 1.65. The molecular formula is C14H19N3O2S. The number of rotatable bonds is 4. The van der Waals surface area contributed by atoms with Crippen LogP contribution in [0.3, 0.4) is 0 Å². The molecule has 108 valence electrons. The Labute approximate surface area is 122 Å². The van der Waals surface area contributed by atoms with Crippen molar-refractivity contribution in [1.29, 1.82) is 0 Å². The fourth-order valence-corrected chi connectivity index (χ4v) is 3.38. The minimum Gasteiger partial charge on any atom is -0.344 e. The Morgan fingerprint density at radius 1 is 1.45 bits per heavy atom. The molecule has 1 saturated heterocycles. The van der Waals surface area contributed by atoms with Crippen LogP contribution in [0, 0.1) is 5.92 Å². The van der Waals surface area contributed by atoms with Gasteiger partial charge in [-0.3, -0.25) is 9.59 Å². The third-order valence-electron chi connectivity index (χ3n) is 3.87. The summed E-state index contributed by atoms with van der Waals surface area (Å²) in [6.07, 6.45) is 5.32. The molecule has 1 aromatic rings. The summed E-state index contributed by atoms with van der Waals surface area (Å²) in [5.41, 5.74) is 0. The molecule has 1 atom stereocenters. The second-order valence-corrected chi connectivity index (χ2v) is 6.67. The molecule has 0 radical (unpaired) electrons. The quantitative estimate of drug-likeness (QED) is 0.911. The summed E-state index contributed by atoms with van der Waals surface area (Å²) in [5.74, 6) is 0.396. The molecule has 5 nitrogen and oxygen atoms in total. The Hall–Kier alpha value is -1.43. The molecule has 2 heterocycles. The Morgan fingerprint density at radius 2 is 2.25 bits per heavy atom. The monoisotopic (exact) mass is 293 g/mol. The summed E-state index contributed by atoms with van der Waals surface area (Å²) in [5, 5.41) is 3.83. The van der Waals surface area contributed by atoms with Crippen molar-refractivity contribution in [2.24, 2.45) is 5.92 Å². The first kappa shape index (κ1) is 13.5. The van der Waals surface area contributed by atoms with Gasteiger partial charge in [0.25, 0.3) is 0 Å². The SMILES string of the molecule is CCc1cnc(CN2CCC(=O)NC(C3CC3)C2=O)s1. The van der Waals surface area contributed by atoms with Gasteiger partial charge in [0, 0.05) is 24.0 Å². The van der Waals surface area contributed by atoms with Gasteiger partial charge < -0.3 is 10.2 Å². The van der Waals surface area contributed by atoms with E-state index >= 15 is 0 Å². The average molecular weight is 293 g/mol. The minimum atomic E-state index is -0.310. The second kappa shape index (κ2) is 5.52. The van der Waals surface area contributed by atoms with E-state index in [4.69, 9.17) is 0 Å². The number of aryl methyl sites for hydroxylation is 1. The lowest BCUT2D eigenvalue weighted by Crippen LogP contribution is -2.45.